The van der Waals surface area contributed by atoms with E-state index in [-0.39, 0.29) is 13.0 Å². The molecule has 3 aliphatic heterocycles. The molecule has 2 aromatic heterocycles. The molecule has 1 aliphatic carbocycles. The molecular weight excluding hydrogens is 974 g/mol. The maximum Gasteiger partial charge on any atom is 0.407 e. The first-order chi connectivity index (χ1) is 35.6. The number of aromatic amines is 1. The number of hydrazine groups is 1. The minimum atomic E-state index is -4.98. The average molecular weight is 1040 g/mol. The van der Waals surface area contributed by atoms with E-state index < -0.39 is 71.8 Å². The summed E-state index contributed by atoms with van der Waals surface area (Å²) in [4.78, 5) is 62.2. The number of benzene rings is 2. The van der Waals surface area contributed by atoms with Crippen LogP contribution < -0.4 is 26.3 Å². The van der Waals surface area contributed by atoms with Crippen LogP contribution >= 0.6 is 0 Å². The maximum absolute atomic E-state index is 14.6. The second kappa shape index (κ2) is 22.6. The van der Waals surface area contributed by atoms with Crippen LogP contribution in [0.25, 0.3) is 11.1 Å². The summed E-state index contributed by atoms with van der Waals surface area (Å²) in [5.41, 5.74) is 4.41. The van der Waals surface area contributed by atoms with Gasteiger partial charge in [0.25, 0.3) is 5.91 Å². The van der Waals surface area contributed by atoms with Crippen LogP contribution in [0.2, 0.25) is 0 Å². The van der Waals surface area contributed by atoms with E-state index in [0.717, 1.165) is 82.7 Å². The highest BCUT2D eigenvalue weighted by atomic mass is 19.4. The quantitative estimate of drug-likeness (QED) is 0.0469. The van der Waals surface area contributed by atoms with Crippen molar-refractivity contribution in [1.82, 2.24) is 46.5 Å². The molecule has 4 amide bonds. The lowest BCUT2D eigenvalue weighted by Gasteiger charge is -2.47. The molecular formula is C54H67F3N10O8. The van der Waals surface area contributed by atoms with Gasteiger partial charge >= 0.3 is 18.4 Å². The first kappa shape index (κ1) is 54.5. The first-order valence-electron chi connectivity index (χ1n) is 25.3. The smallest absolute Gasteiger partial charge is 0.407 e. The summed E-state index contributed by atoms with van der Waals surface area (Å²) in [5.74, 6) is 5.58. The molecule has 402 valence electrons. The summed E-state index contributed by atoms with van der Waals surface area (Å²) in [6, 6.07) is 14.9. The van der Waals surface area contributed by atoms with Gasteiger partial charge in [-0.1, -0.05) is 69.0 Å². The molecule has 2 aromatic carbocycles. The van der Waals surface area contributed by atoms with E-state index in [4.69, 9.17) is 9.72 Å². The van der Waals surface area contributed by atoms with Crippen molar-refractivity contribution < 1.29 is 52.0 Å². The summed E-state index contributed by atoms with van der Waals surface area (Å²) in [5, 5.41) is 37.5. The number of nitrogens with one attached hydrogen (secondary N) is 5. The Morgan fingerprint density at radius 2 is 1.48 bits per heavy atom. The van der Waals surface area contributed by atoms with E-state index in [9.17, 15) is 42.6 Å². The molecule has 2 bridgehead atoms. The predicted molar refractivity (Wildman–Crippen MR) is 272 cm³/mol. The number of hydrogen-bond acceptors (Lipinski definition) is 12. The number of rotatable bonds is 18. The monoisotopic (exact) mass is 1040 g/mol. The number of methoxy groups -OCH3 is 1. The van der Waals surface area contributed by atoms with Gasteiger partial charge in [-0.15, -0.1) is 0 Å². The third-order valence-electron chi connectivity index (χ3n) is 14.7. The molecule has 0 spiro atoms. The number of carbonyl (C=O) groups is 4. The summed E-state index contributed by atoms with van der Waals surface area (Å²) in [6.07, 6.45) is -1.43. The standard InChI is InChI=1S/C54H67F3N10O8/c1-52(2,3)46(61-50(71)72)49(70)64-66(26-35-13-16-36(17-14-35)41-25-59-63-45(41)37-18-19-37)29-43(68)42(60-48(69)47(62-51(73)74-6)53(4,5)54(55,56)57)23-33-10-7-32(8-11-33)9-12-34-15-22-44(58-24-34)65-27-38-20-21-39(28-65)67(38)40-30-75-31-40/h7-8,10-11,13-17,22,24-25,37-40,42-43,46-47,61,68H,18-21,23,26-31H2,1-6H3,(H,59,63)(H,60,69)(H,62,73)(H,64,70)(H,71,72)/t38?,39?,42-,43-,46+,47+/m0/s1. The fraction of sp³-hybridized carbons (Fsp3) is 0.519. The molecule has 4 aromatic rings. The average Bonchev–Trinajstić information content (AvgIpc) is 4.02. The molecule has 75 heavy (non-hydrogen) atoms. The number of alkyl halides is 3. The molecule has 2 unspecified atom stereocenters. The van der Waals surface area contributed by atoms with Gasteiger partial charge in [-0.25, -0.2) is 19.6 Å². The number of fused-ring (bicyclic) bond motifs is 2. The number of aromatic nitrogens is 3. The van der Waals surface area contributed by atoms with Gasteiger partial charge in [0.15, 0.2) is 0 Å². The van der Waals surface area contributed by atoms with Crippen molar-refractivity contribution in [3.8, 4) is 23.0 Å². The number of piperazine rings is 1. The van der Waals surface area contributed by atoms with Crippen LogP contribution in [-0.4, -0.2) is 148 Å². The van der Waals surface area contributed by atoms with Crippen molar-refractivity contribution in [2.24, 2.45) is 10.8 Å². The zero-order valence-electron chi connectivity index (χ0n) is 43.0. The number of H-pyrrole nitrogens is 1. The Hall–Kier alpha value is -6.73. The number of halogens is 3. The number of alkyl carbamates (subject to hydrolysis) is 1. The molecule has 1 saturated carbocycles. The number of anilines is 1. The Balaban J connectivity index is 1.02. The van der Waals surface area contributed by atoms with E-state index in [0.29, 0.717) is 46.3 Å². The highest BCUT2D eigenvalue weighted by Crippen LogP contribution is 2.43. The third-order valence-corrected chi connectivity index (χ3v) is 14.7. The maximum atomic E-state index is 14.6. The number of amides is 4. The van der Waals surface area contributed by atoms with Crippen molar-refractivity contribution in [2.75, 3.05) is 44.9 Å². The van der Waals surface area contributed by atoms with Crippen LogP contribution in [0.4, 0.5) is 28.6 Å². The van der Waals surface area contributed by atoms with Crippen LogP contribution in [0.3, 0.4) is 0 Å². The molecule has 8 rings (SSSR count). The number of pyridine rings is 1. The number of nitrogens with zero attached hydrogens (tertiary/aromatic N) is 5. The van der Waals surface area contributed by atoms with E-state index >= 15 is 0 Å². The van der Waals surface area contributed by atoms with Crippen molar-refractivity contribution in [3.63, 3.8) is 0 Å². The second-order valence-corrected chi connectivity index (χ2v) is 21.7. The van der Waals surface area contributed by atoms with Crippen molar-refractivity contribution in [1.29, 1.82) is 0 Å². The lowest BCUT2D eigenvalue weighted by molar-refractivity contribution is -0.220. The number of carbonyl (C=O) groups excluding carboxylic acids is 3. The van der Waals surface area contributed by atoms with Crippen LogP contribution in [0, 0.1) is 22.7 Å². The molecule has 4 fully saturated rings. The van der Waals surface area contributed by atoms with Crippen LogP contribution in [0.15, 0.2) is 73.1 Å². The van der Waals surface area contributed by atoms with Gasteiger partial charge in [0.1, 0.15) is 17.9 Å². The van der Waals surface area contributed by atoms with Gasteiger partial charge in [-0.2, -0.15) is 18.3 Å². The zero-order chi connectivity index (χ0) is 53.8. The zero-order valence-corrected chi connectivity index (χ0v) is 43.0. The normalized spacial score (nSPS) is 19.7. The Kier molecular flexibility index (Phi) is 16.4. The predicted octanol–water partition coefficient (Wildman–Crippen LogP) is 5.72. The lowest BCUT2D eigenvalue weighted by atomic mass is 9.82. The minimum absolute atomic E-state index is 0.0394. The molecule has 18 nitrogen and oxygen atoms in total. The molecule has 7 N–H and O–H groups in total. The summed E-state index contributed by atoms with van der Waals surface area (Å²) in [7, 11) is 0.951. The topological polar surface area (TPSA) is 227 Å². The number of hydrogen-bond donors (Lipinski definition) is 7. The Morgan fingerprint density at radius 3 is 2.04 bits per heavy atom. The highest BCUT2D eigenvalue weighted by molar-refractivity contribution is 5.87. The first-order valence-corrected chi connectivity index (χ1v) is 25.3. The fourth-order valence-electron chi connectivity index (χ4n) is 10.1. The SMILES string of the molecule is COC(=O)N[C@H](C(=O)N[C@@H](Cc1ccc(C#Cc2ccc(N3CC4CCC(C3)N4C3COC3)nc2)cc1)[C@@H](O)CN(Cc1ccc(-c2c[nH]nc2C2CC2)cc1)NC(=O)[C@@H](NC(=O)O)C(C)(C)C)C(C)(C)C(F)(F)F. The van der Waals surface area contributed by atoms with E-state index in [1.54, 1.807) is 51.2 Å². The Bertz CT molecular complexity index is 2700. The van der Waals surface area contributed by atoms with Gasteiger partial charge in [0.05, 0.1) is 49.6 Å². The molecule has 21 heteroatoms. The molecule has 0 radical (unpaired) electrons. The molecule has 5 heterocycles. The van der Waals surface area contributed by atoms with Gasteiger partial charge in [0, 0.05) is 73.3 Å². The number of ether oxygens (including phenoxy) is 2. The van der Waals surface area contributed by atoms with Gasteiger partial charge in [-0.05, 0) is 92.3 Å². The third kappa shape index (κ3) is 13.2. The van der Waals surface area contributed by atoms with Crippen molar-refractivity contribution >= 4 is 29.8 Å². The van der Waals surface area contributed by atoms with E-state index in [1.807, 2.05) is 47.9 Å². The number of aliphatic hydroxyl groups is 1. The van der Waals surface area contributed by atoms with E-state index in [2.05, 4.69) is 52.6 Å². The van der Waals surface area contributed by atoms with E-state index in [1.165, 1.54) is 17.9 Å². The van der Waals surface area contributed by atoms with Gasteiger partial charge in [-0.3, -0.25) is 25.0 Å². The Labute approximate surface area is 434 Å². The number of aliphatic hydroxyl groups excluding tert-OH is 1. The summed E-state index contributed by atoms with van der Waals surface area (Å²) in [6.45, 7) is 9.52. The largest absolute Gasteiger partial charge is 0.465 e. The minimum Gasteiger partial charge on any atom is -0.465 e. The molecule has 4 aliphatic rings. The van der Waals surface area contributed by atoms with Crippen molar-refractivity contribution in [2.45, 2.75) is 128 Å². The molecule has 3 saturated heterocycles. The van der Waals surface area contributed by atoms with Crippen LogP contribution in [-0.2, 0) is 32.0 Å². The van der Waals surface area contributed by atoms with Crippen molar-refractivity contribution in [3.05, 3.63) is 101 Å². The summed E-state index contributed by atoms with van der Waals surface area (Å²) >= 11 is 0. The van der Waals surface area contributed by atoms with Crippen LogP contribution in [0.1, 0.15) is 94.2 Å². The Morgan fingerprint density at radius 1 is 0.840 bits per heavy atom. The van der Waals surface area contributed by atoms with Gasteiger partial charge < -0.3 is 40.5 Å². The second-order valence-electron chi connectivity index (χ2n) is 21.7. The van der Waals surface area contributed by atoms with Crippen LogP contribution in [0.5, 0.6) is 0 Å². The fourth-order valence-corrected chi connectivity index (χ4v) is 10.1. The molecule has 6 atom stereocenters. The van der Waals surface area contributed by atoms with Gasteiger partial charge in [0.2, 0.25) is 5.91 Å². The lowest BCUT2D eigenvalue weighted by Crippen LogP contribution is -2.63. The summed E-state index contributed by atoms with van der Waals surface area (Å²) < 4.78 is 53.8. The highest BCUT2D eigenvalue weighted by Gasteiger charge is 2.56. The number of carboxylic acid groups (broad SMARTS) is 1.